The van der Waals surface area contributed by atoms with Gasteiger partial charge in [-0.05, 0) is 50.7 Å². The van der Waals surface area contributed by atoms with E-state index in [0.29, 0.717) is 28.6 Å². The summed E-state index contributed by atoms with van der Waals surface area (Å²) in [5.41, 5.74) is 2.32. The van der Waals surface area contributed by atoms with Gasteiger partial charge >= 0.3 is 0 Å². The van der Waals surface area contributed by atoms with E-state index in [4.69, 9.17) is 26.3 Å². The molecule has 0 amide bonds. The van der Waals surface area contributed by atoms with Crippen LogP contribution in [0.25, 0.3) is 11.2 Å². The lowest BCUT2D eigenvalue weighted by Gasteiger charge is -2.26. The first-order valence-corrected chi connectivity index (χ1v) is 10.8. The topological polar surface area (TPSA) is 97.1 Å². The molecule has 8 nitrogen and oxygen atoms in total. The minimum atomic E-state index is -0.196. The second-order valence-corrected chi connectivity index (χ2v) is 8.54. The summed E-state index contributed by atoms with van der Waals surface area (Å²) >= 11 is 6.23. The molecule has 0 atom stereocenters. The molecule has 30 heavy (non-hydrogen) atoms. The molecule has 0 radical (unpaired) electrons. The lowest BCUT2D eigenvalue weighted by molar-refractivity contribution is 0.126. The Balaban J connectivity index is 1.50. The van der Waals surface area contributed by atoms with Crippen LogP contribution >= 0.6 is 11.6 Å². The number of halogens is 1. The van der Waals surface area contributed by atoms with Crippen LogP contribution in [0.4, 0.5) is 17.5 Å². The highest BCUT2D eigenvalue weighted by molar-refractivity contribution is 6.31. The van der Waals surface area contributed by atoms with Crippen molar-refractivity contribution in [1.29, 1.82) is 0 Å². The monoisotopic (exact) mass is 428 g/mol. The highest BCUT2D eigenvalue weighted by atomic mass is 35.5. The Labute approximate surface area is 179 Å². The first kappa shape index (κ1) is 19.4. The van der Waals surface area contributed by atoms with Crippen molar-refractivity contribution in [2.24, 2.45) is 0 Å². The molecule has 2 aromatic heterocycles. The molecule has 1 aromatic carbocycles. The standard InChI is InChI=1S/C21H25ClN6O2/c1-30-17-9-12(22)8-14(10-17)24-19-18-20(28(11-23-18)15-4-5-15)27-21(26-19)25-13-2-6-16(29)7-3-13/h8-11,13,15-16,29H,2-7H2,1H3,(H2,24,25,26,27). The molecule has 0 bridgehead atoms. The summed E-state index contributed by atoms with van der Waals surface area (Å²) in [5.74, 6) is 1.86. The van der Waals surface area contributed by atoms with Crippen LogP contribution in [0.1, 0.15) is 44.6 Å². The third-order valence-corrected chi connectivity index (χ3v) is 5.98. The van der Waals surface area contributed by atoms with Crippen molar-refractivity contribution >= 4 is 40.2 Å². The fourth-order valence-corrected chi connectivity index (χ4v) is 4.21. The van der Waals surface area contributed by atoms with E-state index in [1.807, 2.05) is 18.5 Å². The summed E-state index contributed by atoms with van der Waals surface area (Å²) in [7, 11) is 1.61. The van der Waals surface area contributed by atoms with Crippen LogP contribution in [0.15, 0.2) is 24.5 Å². The fourth-order valence-electron chi connectivity index (χ4n) is 3.98. The molecule has 2 aliphatic rings. The summed E-state index contributed by atoms with van der Waals surface area (Å²) in [6.07, 6.45) is 7.34. The van der Waals surface area contributed by atoms with E-state index in [2.05, 4.69) is 20.2 Å². The molecule has 0 aliphatic heterocycles. The fraction of sp³-hybridized carbons (Fsp3) is 0.476. The first-order chi connectivity index (χ1) is 14.6. The van der Waals surface area contributed by atoms with Gasteiger partial charge in [0.25, 0.3) is 0 Å². The SMILES string of the molecule is COc1cc(Cl)cc(Nc2nc(NC3CCC(O)CC3)nc3c2ncn3C2CC2)c1. The lowest BCUT2D eigenvalue weighted by Crippen LogP contribution is -2.29. The number of aliphatic hydroxyl groups is 1. The molecule has 5 rings (SSSR count). The number of ether oxygens (including phenoxy) is 1. The molecule has 0 unspecified atom stereocenters. The average molecular weight is 429 g/mol. The minimum absolute atomic E-state index is 0.196. The molecule has 158 valence electrons. The quantitative estimate of drug-likeness (QED) is 0.539. The van der Waals surface area contributed by atoms with Crippen molar-refractivity contribution in [1.82, 2.24) is 19.5 Å². The van der Waals surface area contributed by atoms with Crippen molar-refractivity contribution in [2.75, 3.05) is 17.7 Å². The summed E-state index contributed by atoms with van der Waals surface area (Å²) in [6.45, 7) is 0. The maximum atomic E-state index is 9.78. The third-order valence-electron chi connectivity index (χ3n) is 5.76. The molecular weight excluding hydrogens is 404 g/mol. The van der Waals surface area contributed by atoms with Gasteiger partial charge in [-0.1, -0.05) is 11.6 Å². The largest absolute Gasteiger partial charge is 0.497 e. The van der Waals surface area contributed by atoms with Gasteiger partial charge in [0.15, 0.2) is 17.0 Å². The van der Waals surface area contributed by atoms with Crippen LogP contribution in [0.2, 0.25) is 5.02 Å². The highest BCUT2D eigenvalue weighted by Gasteiger charge is 2.27. The number of imidazole rings is 1. The highest BCUT2D eigenvalue weighted by Crippen LogP contribution is 2.38. The van der Waals surface area contributed by atoms with E-state index in [-0.39, 0.29) is 12.1 Å². The summed E-state index contributed by atoms with van der Waals surface area (Å²) in [6, 6.07) is 6.16. The molecule has 2 aliphatic carbocycles. The number of aromatic nitrogens is 4. The van der Waals surface area contributed by atoms with Crippen LogP contribution < -0.4 is 15.4 Å². The van der Waals surface area contributed by atoms with E-state index >= 15 is 0 Å². The Morgan fingerprint density at radius 2 is 1.90 bits per heavy atom. The van der Waals surface area contributed by atoms with Crippen molar-refractivity contribution in [3.8, 4) is 5.75 Å². The van der Waals surface area contributed by atoms with Gasteiger partial charge in [-0.2, -0.15) is 9.97 Å². The predicted octanol–water partition coefficient (Wildman–Crippen LogP) is 4.28. The maximum Gasteiger partial charge on any atom is 0.227 e. The van der Waals surface area contributed by atoms with Gasteiger partial charge in [0.05, 0.1) is 19.5 Å². The molecule has 0 saturated heterocycles. The molecule has 0 spiro atoms. The van der Waals surface area contributed by atoms with Crippen molar-refractivity contribution < 1.29 is 9.84 Å². The van der Waals surface area contributed by atoms with Gasteiger partial charge in [-0.25, -0.2) is 4.98 Å². The molecule has 2 fully saturated rings. The first-order valence-electron chi connectivity index (χ1n) is 10.4. The number of hydrogen-bond acceptors (Lipinski definition) is 7. The Hall–Kier alpha value is -2.58. The summed E-state index contributed by atoms with van der Waals surface area (Å²) in [4.78, 5) is 14.1. The van der Waals surface area contributed by atoms with Gasteiger partial charge in [-0.15, -0.1) is 0 Å². The number of fused-ring (bicyclic) bond motifs is 1. The zero-order valence-electron chi connectivity index (χ0n) is 16.8. The van der Waals surface area contributed by atoms with E-state index in [1.54, 1.807) is 13.2 Å². The molecule has 3 N–H and O–H groups in total. The number of nitrogens with zero attached hydrogens (tertiary/aromatic N) is 4. The molecule has 9 heteroatoms. The van der Waals surface area contributed by atoms with Gasteiger partial charge in [-0.3, -0.25) is 0 Å². The Morgan fingerprint density at radius 1 is 1.10 bits per heavy atom. The van der Waals surface area contributed by atoms with Crippen LogP contribution in [0.3, 0.4) is 0 Å². The van der Waals surface area contributed by atoms with E-state index in [0.717, 1.165) is 55.4 Å². The number of aliphatic hydroxyl groups excluding tert-OH is 1. The zero-order valence-corrected chi connectivity index (χ0v) is 17.6. The van der Waals surface area contributed by atoms with Crippen molar-refractivity contribution in [3.05, 3.63) is 29.5 Å². The summed E-state index contributed by atoms with van der Waals surface area (Å²) < 4.78 is 7.46. The second-order valence-electron chi connectivity index (χ2n) is 8.11. The summed E-state index contributed by atoms with van der Waals surface area (Å²) in [5, 5.41) is 17.2. The van der Waals surface area contributed by atoms with E-state index < -0.39 is 0 Å². The second kappa shape index (κ2) is 7.92. The van der Waals surface area contributed by atoms with Crippen molar-refractivity contribution in [2.45, 2.75) is 56.7 Å². The van der Waals surface area contributed by atoms with Gasteiger partial charge in [0.2, 0.25) is 5.95 Å². The van der Waals surface area contributed by atoms with Crippen LogP contribution in [0.5, 0.6) is 5.75 Å². The number of benzene rings is 1. The van der Waals surface area contributed by atoms with Crippen LogP contribution in [-0.4, -0.2) is 43.9 Å². The smallest absolute Gasteiger partial charge is 0.227 e. The van der Waals surface area contributed by atoms with E-state index in [1.165, 1.54) is 0 Å². The number of anilines is 3. The Morgan fingerprint density at radius 3 is 2.63 bits per heavy atom. The van der Waals surface area contributed by atoms with Crippen LogP contribution in [0, 0.1) is 0 Å². The lowest BCUT2D eigenvalue weighted by atomic mass is 9.93. The van der Waals surface area contributed by atoms with Crippen LogP contribution in [-0.2, 0) is 0 Å². The minimum Gasteiger partial charge on any atom is -0.497 e. The van der Waals surface area contributed by atoms with Gasteiger partial charge < -0.3 is 25.0 Å². The molecule has 3 aromatic rings. The number of methoxy groups -OCH3 is 1. The third kappa shape index (κ3) is 4.02. The number of rotatable bonds is 6. The van der Waals surface area contributed by atoms with Crippen molar-refractivity contribution in [3.63, 3.8) is 0 Å². The molecule has 2 saturated carbocycles. The zero-order chi connectivity index (χ0) is 20.7. The molecular formula is C21H25ClN6O2. The van der Waals surface area contributed by atoms with Gasteiger partial charge in [0, 0.05) is 28.9 Å². The number of nitrogens with one attached hydrogen (secondary N) is 2. The predicted molar refractivity (Wildman–Crippen MR) is 117 cm³/mol. The normalized spacial score (nSPS) is 21.6. The number of hydrogen-bond donors (Lipinski definition) is 3. The Bertz CT molecular complexity index is 1060. The Kier molecular flexibility index (Phi) is 5.12. The molecule has 2 heterocycles. The van der Waals surface area contributed by atoms with E-state index in [9.17, 15) is 5.11 Å². The maximum absolute atomic E-state index is 9.78. The van der Waals surface area contributed by atoms with Gasteiger partial charge in [0.1, 0.15) is 5.75 Å². The average Bonchev–Trinajstić information content (AvgIpc) is 3.48.